The second kappa shape index (κ2) is 8.35. The number of nitrogens with zero attached hydrogens (tertiary/aromatic N) is 1. The maximum Gasteiger partial charge on any atom is 0.245 e. The van der Waals surface area contributed by atoms with Crippen LogP contribution in [0.2, 0.25) is 5.02 Å². The first-order valence-corrected chi connectivity index (χ1v) is 9.94. The van der Waals surface area contributed by atoms with Gasteiger partial charge in [0.15, 0.2) is 0 Å². The summed E-state index contributed by atoms with van der Waals surface area (Å²) in [4.78, 5) is 14.4. The smallest absolute Gasteiger partial charge is 0.245 e. The minimum atomic E-state index is -3.95. The van der Waals surface area contributed by atoms with Gasteiger partial charge in [-0.15, -0.1) is 0 Å². The van der Waals surface area contributed by atoms with Gasteiger partial charge in [-0.2, -0.15) is 4.72 Å². The Kier molecular flexibility index (Phi) is 6.67. The molecule has 2 rings (SSSR count). The van der Waals surface area contributed by atoms with Crippen molar-refractivity contribution >= 4 is 27.5 Å². The van der Waals surface area contributed by atoms with Gasteiger partial charge in [-0.05, 0) is 58.1 Å². The number of amides is 1. The van der Waals surface area contributed by atoms with Crippen molar-refractivity contribution in [1.29, 1.82) is 0 Å². The van der Waals surface area contributed by atoms with Crippen molar-refractivity contribution in [3.8, 4) is 5.75 Å². The summed E-state index contributed by atoms with van der Waals surface area (Å²) in [5.74, 6) is -0.182. The summed E-state index contributed by atoms with van der Waals surface area (Å²) >= 11 is 5.89. The van der Waals surface area contributed by atoms with Crippen molar-refractivity contribution in [2.24, 2.45) is 0 Å². The molecule has 1 aliphatic rings. The minimum absolute atomic E-state index is 0.0661. The minimum Gasteiger partial charge on any atom is -0.495 e. The van der Waals surface area contributed by atoms with Crippen LogP contribution in [-0.4, -0.2) is 58.6 Å². The molecule has 0 radical (unpaired) electrons. The van der Waals surface area contributed by atoms with Gasteiger partial charge < -0.3 is 15.0 Å². The summed E-state index contributed by atoms with van der Waals surface area (Å²) in [5.41, 5.74) is 0. The molecule has 1 atom stereocenters. The molecule has 0 aliphatic carbocycles. The molecule has 7 nitrogen and oxygen atoms in total. The molecule has 25 heavy (non-hydrogen) atoms. The third-order valence-corrected chi connectivity index (χ3v) is 6.00. The van der Waals surface area contributed by atoms with E-state index in [-0.39, 0.29) is 27.6 Å². The number of nitrogens with one attached hydrogen (secondary N) is 2. The third kappa shape index (κ3) is 5.31. The molecule has 1 amide bonds. The molecule has 1 fully saturated rings. The Labute approximate surface area is 153 Å². The van der Waals surface area contributed by atoms with Crippen LogP contribution in [0.3, 0.4) is 0 Å². The topological polar surface area (TPSA) is 87.7 Å². The van der Waals surface area contributed by atoms with E-state index >= 15 is 0 Å². The van der Waals surface area contributed by atoms with Crippen LogP contribution in [0.15, 0.2) is 23.1 Å². The number of sulfonamides is 1. The largest absolute Gasteiger partial charge is 0.495 e. The third-order valence-electron chi connectivity index (χ3n) is 4.21. The molecule has 2 N–H and O–H groups in total. The van der Waals surface area contributed by atoms with Crippen molar-refractivity contribution in [2.75, 3.05) is 27.2 Å². The maximum atomic E-state index is 12.6. The van der Waals surface area contributed by atoms with E-state index in [1.807, 2.05) is 7.05 Å². The molecule has 0 unspecified atom stereocenters. The molecule has 1 heterocycles. The van der Waals surface area contributed by atoms with Crippen molar-refractivity contribution in [1.82, 2.24) is 14.9 Å². The Balaban J connectivity index is 2.04. The van der Waals surface area contributed by atoms with Gasteiger partial charge in [0.2, 0.25) is 15.9 Å². The first-order valence-electron chi connectivity index (χ1n) is 8.07. The van der Waals surface area contributed by atoms with Crippen molar-refractivity contribution in [3.63, 3.8) is 0 Å². The second-order valence-electron chi connectivity index (χ2n) is 6.22. The number of hydrogen-bond acceptors (Lipinski definition) is 5. The van der Waals surface area contributed by atoms with E-state index in [0.29, 0.717) is 0 Å². The fraction of sp³-hybridized carbons (Fsp3) is 0.562. The predicted octanol–water partition coefficient (Wildman–Crippen LogP) is 1.23. The van der Waals surface area contributed by atoms with Crippen molar-refractivity contribution in [3.05, 3.63) is 23.2 Å². The Bertz CT molecular complexity index is 718. The standard InChI is InChI=1S/C16H24ClN3O4S/c1-11(16(21)18-13-6-8-20(2)9-7-13)19-25(22,23)15-10-12(17)4-5-14(15)24-3/h4-5,10-11,13,19H,6-9H2,1-3H3,(H,18,21)/t11-/m0/s1. The number of carbonyl (C=O) groups excluding carboxylic acids is 1. The average Bonchev–Trinajstić information content (AvgIpc) is 2.56. The molecule has 0 saturated carbocycles. The van der Waals surface area contributed by atoms with Crippen LogP contribution in [0, 0.1) is 0 Å². The van der Waals surface area contributed by atoms with Crippen LogP contribution < -0.4 is 14.8 Å². The van der Waals surface area contributed by atoms with Crippen molar-refractivity contribution < 1.29 is 17.9 Å². The number of likely N-dealkylation sites (tertiary alicyclic amines) is 1. The SMILES string of the molecule is COc1ccc(Cl)cc1S(=O)(=O)N[C@@H](C)C(=O)NC1CCN(C)CC1. The Morgan fingerprint density at radius 3 is 2.60 bits per heavy atom. The number of ether oxygens (including phenoxy) is 1. The number of halogens is 1. The van der Waals surface area contributed by atoms with E-state index in [1.54, 1.807) is 0 Å². The maximum absolute atomic E-state index is 12.6. The summed E-state index contributed by atoms with van der Waals surface area (Å²) in [6.45, 7) is 3.33. The summed E-state index contributed by atoms with van der Waals surface area (Å²) < 4.78 is 32.6. The van der Waals surface area contributed by atoms with Crippen LogP contribution in [0.1, 0.15) is 19.8 Å². The molecule has 1 aromatic rings. The molecule has 0 aromatic heterocycles. The van der Waals surface area contributed by atoms with Gasteiger partial charge in [-0.25, -0.2) is 8.42 Å². The Hall–Kier alpha value is -1.35. The molecular formula is C16H24ClN3O4S. The summed E-state index contributed by atoms with van der Waals surface area (Å²) in [6, 6.07) is 3.46. The van der Waals surface area contributed by atoms with E-state index in [9.17, 15) is 13.2 Å². The zero-order valence-corrected chi connectivity index (χ0v) is 16.2. The molecule has 1 saturated heterocycles. The number of methoxy groups -OCH3 is 1. The normalized spacial score (nSPS) is 17.9. The molecule has 9 heteroatoms. The Morgan fingerprint density at radius 1 is 1.36 bits per heavy atom. The summed E-state index contributed by atoms with van der Waals surface area (Å²) in [7, 11) is -0.539. The lowest BCUT2D eigenvalue weighted by Crippen LogP contribution is -2.50. The predicted molar refractivity (Wildman–Crippen MR) is 96.4 cm³/mol. The van der Waals surface area contributed by atoms with Crippen LogP contribution in [0.5, 0.6) is 5.75 Å². The molecule has 140 valence electrons. The lowest BCUT2D eigenvalue weighted by Gasteiger charge is -2.30. The van der Waals surface area contributed by atoms with Gasteiger partial charge in [0.25, 0.3) is 0 Å². The van der Waals surface area contributed by atoms with Gasteiger partial charge in [-0.3, -0.25) is 4.79 Å². The fourth-order valence-corrected chi connectivity index (χ4v) is 4.32. The summed E-state index contributed by atoms with van der Waals surface area (Å²) in [6.07, 6.45) is 1.70. The van der Waals surface area contributed by atoms with E-state index in [4.69, 9.17) is 16.3 Å². The molecule has 0 spiro atoms. The highest BCUT2D eigenvalue weighted by Crippen LogP contribution is 2.27. The molecule has 1 aliphatic heterocycles. The lowest BCUT2D eigenvalue weighted by atomic mass is 10.1. The van der Waals surface area contributed by atoms with Crippen LogP contribution >= 0.6 is 11.6 Å². The number of rotatable bonds is 6. The first-order chi connectivity index (χ1) is 11.7. The molecular weight excluding hydrogens is 366 g/mol. The second-order valence-corrected chi connectivity index (χ2v) is 8.34. The zero-order chi connectivity index (χ0) is 18.6. The van der Waals surface area contributed by atoms with E-state index in [0.717, 1.165) is 25.9 Å². The van der Waals surface area contributed by atoms with Crippen molar-refractivity contribution in [2.45, 2.75) is 36.7 Å². The van der Waals surface area contributed by atoms with Crippen LogP contribution in [0.25, 0.3) is 0 Å². The van der Waals surface area contributed by atoms with Gasteiger partial charge in [0.1, 0.15) is 10.6 Å². The van der Waals surface area contributed by atoms with E-state index in [2.05, 4.69) is 14.9 Å². The quantitative estimate of drug-likeness (QED) is 0.764. The highest BCUT2D eigenvalue weighted by molar-refractivity contribution is 7.89. The van der Waals surface area contributed by atoms with Crippen LogP contribution in [-0.2, 0) is 14.8 Å². The molecule has 0 bridgehead atoms. The van der Waals surface area contributed by atoms with Crippen LogP contribution in [0.4, 0.5) is 0 Å². The number of benzene rings is 1. The lowest BCUT2D eigenvalue weighted by molar-refractivity contribution is -0.123. The monoisotopic (exact) mass is 389 g/mol. The van der Waals surface area contributed by atoms with Gasteiger partial charge in [-0.1, -0.05) is 11.6 Å². The van der Waals surface area contributed by atoms with E-state index in [1.165, 1.54) is 32.2 Å². The Morgan fingerprint density at radius 2 is 2.00 bits per heavy atom. The highest BCUT2D eigenvalue weighted by Gasteiger charge is 2.27. The van der Waals surface area contributed by atoms with Gasteiger partial charge >= 0.3 is 0 Å². The summed E-state index contributed by atoms with van der Waals surface area (Å²) in [5, 5.41) is 3.17. The van der Waals surface area contributed by atoms with Gasteiger partial charge in [0.05, 0.1) is 13.2 Å². The number of hydrogen-bond donors (Lipinski definition) is 2. The first kappa shape index (κ1) is 20.0. The highest BCUT2D eigenvalue weighted by atomic mass is 35.5. The fourth-order valence-electron chi connectivity index (χ4n) is 2.69. The number of carbonyl (C=O) groups is 1. The molecule has 1 aromatic carbocycles. The average molecular weight is 390 g/mol. The zero-order valence-electron chi connectivity index (χ0n) is 14.6. The number of piperidine rings is 1. The van der Waals surface area contributed by atoms with Gasteiger partial charge in [0, 0.05) is 11.1 Å². The van der Waals surface area contributed by atoms with E-state index < -0.39 is 16.1 Å².